The van der Waals surface area contributed by atoms with Crippen LogP contribution in [-0.4, -0.2) is 32.1 Å². The minimum atomic E-state index is -0.345. The van der Waals surface area contributed by atoms with Gasteiger partial charge >= 0.3 is 0 Å². The Morgan fingerprint density at radius 2 is 1.78 bits per heavy atom. The summed E-state index contributed by atoms with van der Waals surface area (Å²) >= 11 is 0. The molecule has 0 N–H and O–H groups in total. The zero-order valence-electron chi connectivity index (χ0n) is 11.4. The van der Waals surface area contributed by atoms with Crippen molar-refractivity contribution >= 4 is 11.5 Å². The van der Waals surface area contributed by atoms with Gasteiger partial charge in [-0.05, 0) is 12.1 Å². The second-order valence-corrected chi connectivity index (χ2v) is 5.70. The number of hydrogen-bond acceptors (Lipinski definition) is 3. The van der Waals surface area contributed by atoms with Crippen LogP contribution < -0.4 is 4.90 Å². The standard InChI is InChI=1S/C15H21NO2/c1-15(2,3)14(17)12-6-4-5-7-13(12)16-8-10-18-11-9-16/h4-7H,8-11H2,1-3H3. The van der Waals surface area contributed by atoms with E-state index in [0.29, 0.717) is 0 Å². The summed E-state index contributed by atoms with van der Waals surface area (Å²) in [5, 5.41) is 0. The number of rotatable bonds is 2. The van der Waals surface area contributed by atoms with Crippen molar-refractivity contribution in [3.63, 3.8) is 0 Å². The first-order valence-electron chi connectivity index (χ1n) is 6.46. The molecule has 1 heterocycles. The van der Waals surface area contributed by atoms with Crippen LogP contribution in [-0.2, 0) is 4.74 Å². The molecule has 1 fully saturated rings. The maximum absolute atomic E-state index is 12.5. The van der Waals surface area contributed by atoms with Gasteiger partial charge in [-0.25, -0.2) is 0 Å². The number of carbonyl (C=O) groups excluding carboxylic acids is 1. The van der Waals surface area contributed by atoms with Crippen LogP contribution in [0.25, 0.3) is 0 Å². The van der Waals surface area contributed by atoms with E-state index >= 15 is 0 Å². The van der Waals surface area contributed by atoms with E-state index in [4.69, 9.17) is 4.74 Å². The zero-order chi connectivity index (χ0) is 13.2. The number of nitrogens with zero attached hydrogens (tertiary/aromatic N) is 1. The summed E-state index contributed by atoms with van der Waals surface area (Å²) < 4.78 is 5.36. The van der Waals surface area contributed by atoms with Crippen molar-refractivity contribution in [3.05, 3.63) is 29.8 Å². The molecule has 0 unspecified atom stereocenters. The largest absolute Gasteiger partial charge is 0.378 e. The van der Waals surface area contributed by atoms with E-state index in [1.165, 1.54) is 0 Å². The molecule has 1 aliphatic heterocycles. The second-order valence-electron chi connectivity index (χ2n) is 5.70. The van der Waals surface area contributed by atoms with Crippen LogP contribution in [0.15, 0.2) is 24.3 Å². The van der Waals surface area contributed by atoms with Gasteiger partial charge in [-0.2, -0.15) is 0 Å². The molecule has 0 bridgehead atoms. The van der Waals surface area contributed by atoms with Gasteiger partial charge in [-0.15, -0.1) is 0 Å². The van der Waals surface area contributed by atoms with Crippen molar-refractivity contribution in [2.24, 2.45) is 5.41 Å². The number of para-hydroxylation sites is 1. The van der Waals surface area contributed by atoms with Crippen LogP contribution in [0.1, 0.15) is 31.1 Å². The van der Waals surface area contributed by atoms with Crippen LogP contribution in [0.2, 0.25) is 0 Å². The molecule has 0 aliphatic carbocycles. The fourth-order valence-corrected chi connectivity index (χ4v) is 2.15. The molecule has 98 valence electrons. The molecule has 0 amide bonds. The highest BCUT2D eigenvalue weighted by atomic mass is 16.5. The molecule has 2 rings (SSSR count). The maximum Gasteiger partial charge on any atom is 0.170 e. The van der Waals surface area contributed by atoms with Gasteiger partial charge in [-0.1, -0.05) is 32.9 Å². The van der Waals surface area contributed by atoms with Crippen LogP contribution in [0.3, 0.4) is 0 Å². The van der Waals surface area contributed by atoms with E-state index < -0.39 is 0 Å². The zero-order valence-corrected chi connectivity index (χ0v) is 11.4. The Hall–Kier alpha value is -1.35. The lowest BCUT2D eigenvalue weighted by atomic mass is 9.85. The van der Waals surface area contributed by atoms with Crippen molar-refractivity contribution in [2.75, 3.05) is 31.2 Å². The molecule has 1 aromatic rings. The number of Topliss-reactive ketones (excluding diaryl/α,β-unsaturated/α-hetero) is 1. The van der Waals surface area contributed by atoms with Gasteiger partial charge < -0.3 is 9.64 Å². The Labute approximate surface area is 109 Å². The van der Waals surface area contributed by atoms with E-state index in [1.54, 1.807) is 0 Å². The highest BCUT2D eigenvalue weighted by molar-refractivity contribution is 6.04. The lowest BCUT2D eigenvalue weighted by Gasteiger charge is -2.31. The van der Waals surface area contributed by atoms with Crippen LogP contribution in [0.5, 0.6) is 0 Å². The highest BCUT2D eigenvalue weighted by Crippen LogP contribution is 2.28. The lowest BCUT2D eigenvalue weighted by Crippen LogP contribution is -2.37. The first-order chi connectivity index (χ1) is 8.50. The normalized spacial score (nSPS) is 16.7. The molecule has 3 nitrogen and oxygen atoms in total. The smallest absolute Gasteiger partial charge is 0.170 e. The second kappa shape index (κ2) is 5.11. The topological polar surface area (TPSA) is 29.5 Å². The number of carbonyl (C=O) groups is 1. The van der Waals surface area contributed by atoms with E-state index in [9.17, 15) is 4.79 Å². The quantitative estimate of drug-likeness (QED) is 0.753. The van der Waals surface area contributed by atoms with Gasteiger partial charge in [0.05, 0.1) is 13.2 Å². The Balaban J connectivity index is 2.33. The van der Waals surface area contributed by atoms with Crippen molar-refractivity contribution < 1.29 is 9.53 Å². The third-order valence-electron chi connectivity index (χ3n) is 3.18. The number of ketones is 1. The lowest BCUT2D eigenvalue weighted by molar-refractivity contribution is 0.0857. The number of benzene rings is 1. The van der Waals surface area contributed by atoms with Gasteiger partial charge in [0.2, 0.25) is 0 Å². The summed E-state index contributed by atoms with van der Waals surface area (Å²) in [5.74, 6) is 0.199. The predicted octanol–water partition coefficient (Wildman–Crippen LogP) is 2.75. The minimum absolute atomic E-state index is 0.199. The summed E-state index contributed by atoms with van der Waals surface area (Å²) in [6.07, 6.45) is 0. The van der Waals surface area contributed by atoms with E-state index in [2.05, 4.69) is 4.90 Å². The summed E-state index contributed by atoms with van der Waals surface area (Å²) in [6.45, 7) is 9.07. The first-order valence-corrected chi connectivity index (χ1v) is 6.46. The molecule has 18 heavy (non-hydrogen) atoms. The summed E-state index contributed by atoms with van der Waals surface area (Å²) in [4.78, 5) is 14.7. The van der Waals surface area contributed by atoms with Crippen molar-refractivity contribution in [2.45, 2.75) is 20.8 Å². The minimum Gasteiger partial charge on any atom is -0.378 e. The Kier molecular flexibility index (Phi) is 3.71. The molecule has 3 heteroatoms. The molecule has 0 atom stereocenters. The van der Waals surface area contributed by atoms with Crippen LogP contribution >= 0.6 is 0 Å². The molecule has 1 aromatic carbocycles. The van der Waals surface area contributed by atoms with E-state index in [0.717, 1.165) is 37.6 Å². The summed E-state index contributed by atoms with van der Waals surface area (Å²) in [7, 11) is 0. The average molecular weight is 247 g/mol. The predicted molar refractivity (Wildman–Crippen MR) is 73.3 cm³/mol. The molecule has 0 radical (unpaired) electrons. The third kappa shape index (κ3) is 2.72. The summed E-state index contributed by atoms with van der Waals surface area (Å²) in [5.41, 5.74) is 1.52. The highest BCUT2D eigenvalue weighted by Gasteiger charge is 2.26. The molecule has 0 saturated carbocycles. The fourth-order valence-electron chi connectivity index (χ4n) is 2.15. The molecule has 0 spiro atoms. The molecular weight excluding hydrogens is 226 g/mol. The van der Waals surface area contributed by atoms with Gasteiger partial charge in [0, 0.05) is 29.8 Å². The number of hydrogen-bond donors (Lipinski definition) is 0. The number of anilines is 1. The Morgan fingerprint density at radius 1 is 1.17 bits per heavy atom. The molecule has 0 aromatic heterocycles. The Morgan fingerprint density at radius 3 is 2.39 bits per heavy atom. The van der Waals surface area contributed by atoms with E-state index in [1.807, 2.05) is 45.0 Å². The summed E-state index contributed by atoms with van der Waals surface area (Å²) in [6, 6.07) is 7.88. The first kappa shape index (κ1) is 13.1. The third-order valence-corrected chi connectivity index (χ3v) is 3.18. The van der Waals surface area contributed by atoms with Gasteiger partial charge in [0.15, 0.2) is 5.78 Å². The monoisotopic (exact) mass is 247 g/mol. The van der Waals surface area contributed by atoms with Gasteiger partial charge in [0.25, 0.3) is 0 Å². The van der Waals surface area contributed by atoms with E-state index in [-0.39, 0.29) is 11.2 Å². The van der Waals surface area contributed by atoms with Crippen LogP contribution in [0, 0.1) is 5.41 Å². The van der Waals surface area contributed by atoms with Gasteiger partial charge in [0.1, 0.15) is 0 Å². The van der Waals surface area contributed by atoms with Crippen LogP contribution in [0.4, 0.5) is 5.69 Å². The van der Waals surface area contributed by atoms with Gasteiger partial charge in [-0.3, -0.25) is 4.79 Å². The van der Waals surface area contributed by atoms with Crippen molar-refractivity contribution in [3.8, 4) is 0 Å². The Bertz CT molecular complexity index is 428. The molecule has 1 saturated heterocycles. The molecule has 1 aliphatic rings. The fraction of sp³-hybridized carbons (Fsp3) is 0.533. The average Bonchev–Trinajstić information content (AvgIpc) is 2.38. The number of morpholine rings is 1. The maximum atomic E-state index is 12.5. The molecular formula is C15H21NO2. The van der Waals surface area contributed by atoms with Crippen molar-refractivity contribution in [1.29, 1.82) is 0 Å². The number of ether oxygens (including phenoxy) is 1. The van der Waals surface area contributed by atoms with Crippen molar-refractivity contribution in [1.82, 2.24) is 0 Å². The SMILES string of the molecule is CC(C)(C)C(=O)c1ccccc1N1CCOCC1.